The predicted molar refractivity (Wildman–Crippen MR) is 97.4 cm³/mol. The summed E-state index contributed by atoms with van der Waals surface area (Å²) in [5.41, 5.74) is 0.720. The standard InChI is InChI=1S/C17H18BrN3O3S/c18-14-4-6-16(7-5-14)25(23,24)21-11-9-20(10-12-21)17(22)13-15-3-1-2-8-19-15/h1-8H,9-13H2. The second-order valence-corrected chi connectivity index (χ2v) is 8.59. The number of hydrogen-bond acceptors (Lipinski definition) is 4. The molecule has 1 aromatic heterocycles. The van der Waals surface area contributed by atoms with E-state index in [0.717, 1.165) is 10.2 Å². The Balaban J connectivity index is 1.61. The SMILES string of the molecule is O=C(Cc1ccccn1)N1CCN(S(=O)(=O)c2ccc(Br)cc2)CC1. The molecule has 2 aromatic rings. The monoisotopic (exact) mass is 423 g/mol. The maximum atomic E-state index is 12.7. The van der Waals surface area contributed by atoms with Gasteiger partial charge in [-0.15, -0.1) is 0 Å². The third-order valence-corrected chi connectivity index (χ3v) is 6.54. The molecule has 1 saturated heterocycles. The molecule has 0 aliphatic carbocycles. The quantitative estimate of drug-likeness (QED) is 0.752. The first-order valence-corrected chi connectivity index (χ1v) is 10.1. The third kappa shape index (κ3) is 4.26. The largest absolute Gasteiger partial charge is 0.340 e. The minimum atomic E-state index is -3.52. The number of amides is 1. The van der Waals surface area contributed by atoms with Crippen LogP contribution in [-0.2, 0) is 21.2 Å². The van der Waals surface area contributed by atoms with Crippen LogP contribution in [0.5, 0.6) is 0 Å². The molecule has 6 nitrogen and oxygen atoms in total. The zero-order chi connectivity index (χ0) is 17.9. The van der Waals surface area contributed by atoms with Crippen LogP contribution >= 0.6 is 15.9 Å². The number of rotatable bonds is 4. The highest BCUT2D eigenvalue weighted by molar-refractivity contribution is 9.10. The van der Waals surface area contributed by atoms with Gasteiger partial charge in [-0.25, -0.2) is 8.42 Å². The fourth-order valence-electron chi connectivity index (χ4n) is 2.70. The normalized spacial score (nSPS) is 16.0. The second kappa shape index (κ2) is 7.63. The van der Waals surface area contributed by atoms with Gasteiger partial charge in [0, 0.05) is 42.5 Å². The number of pyridine rings is 1. The van der Waals surface area contributed by atoms with Crippen molar-refractivity contribution in [2.75, 3.05) is 26.2 Å². The summed E-state index contributed by atoms with van der Waals surface area (Å²) < 4.78 is 27.6. The molecule has 0 radical (unpaired) electrons. The molecule has 1 fully saturated rings. The van der Waals surface area contributed by atoms with Gasteiger partial charge in [0.15, 0.2) is 0 Å². The van der Waals surface area contributed by atoms with Crippen molar-refractivity contribution in [2.45, 2.75) is 11.3 Å². The van der Waals surface area contributed by atoms with E-state index in [1.165, 1.54) is 4.31 Å². The lowest BCUT2D eigenvalue weighted by molar-refractivity contribution is -0.131. The zero-order valence-corrected chi connectivity index (χ0v) is 15.9. The molecule has 0 atom stereocenters. The van der Waals surface area contributed by atoms with Crippen molar-refractivity contribution < 1.29 is 13.2 Å². The molecule has 3 rings (SSSR count). The number of benzene rings is 1. The van der Waals surface area contributed by atoms with Crippen LogP contribution in [0.2, 0.25) is 0 Å². The number of piperazine rings is 1. The Hall–Kier alpha value is -1.77. The Morgan fingerprint density at radius 3 is 2.32 bits per heavy atom. The number of aromatic nitrogens is 1. The Bertz CT molecular complexity index is 833. The van der Waals surface area contributed by atoms with Gasteiger partial charge in [-0.1, -0.05) is 22.0 Å². The molecule has 132 valence electrons. The van der Waals surface area contributed by atoms with Gasteiger partial charge in [-0.3, -0.25) is 9.78 Å². The van der Waals surface area contributed by atoms with Crippen molar-refractivity contribution in [3.8, 4) is 0 Å². The molecule has 1 aromatic carbocycles. The highest BCUT2D eigenvalue weighted by Crippen LogP contribution is 2.20. The average Bonchev–Trinajstić information content (AvgIpc) is 2.63. The van der Waals surface area contributed by atoms with Crippen molar-refractivity contribution >= 4 is 31.9 Å². The van der Waals surface area contributed by atoms with E-state index in [0.29, 0.717) is 26.2 Å². The van der Waals surface area contributed by atoms with Crippen LogP contribution in [0.15, 0.2) is 58.0 Å². The molecule has 25 heavy (non-hydrogen) atoms. The summed E-state index contributed by atoms with van der Waals surface area (Å²) in [5.74, 6) is -0.0283. The first kappa shape index (κ1) is 18.0. The first-order valence-electron chi connectivity index (χ1n) is 7.90. The lowest BCUT2D eigenvalue weighted by Crippen LogP contribution is -2.50. The molecule has 0 unspecified atom stereocenters. The van der Waals surface area contributed by atoms with Crippen molar-refractivity contribution in [3.63, 3.8) is 0 Å². The maximum absolute atomic E-state index is 12.7. The first-order chi connectivity index (χ1) is 12.0. The van der Waals surface area contributed by atoms with Crippen LogP contribution in [0.3, 0.4) is 0 Å². The van der Waals surface area contributed by atoms with E-state index in [-0.39, 0.29) is 17.2 Å². The van der Waals surface area contributed by atoms with E-state index in [4.69, 9.17) is 0 Å². The van der Waals surface area contributed by atoms with E-state index in [1.807, 2.05) is 12.1 Å². The lowest BCUT2D eigenvalue weighted by atomic mass is 10.2. The molecular weight excluding hydrogens is 406 g/mol. The van der Waals surface area contributed by atoms with Gasteiger partial charge < -0.3 is 4.90 Å². The van der Waals surface area contributed by atoms with Crippen LogP contribution in [-0.4, -0.2) is 54.7 Å². The van der Waals surface area contributed by atoms with E-state index in [1.54, 1.807) is 41.4 Å². The van der Waals surface area contributed by atoms with E-state index < -0.39 is 10.0 Å². The fourth-order valence-corrected chi connectivity index (χ4v) is 4.39. The zero-order valence-electron chi connectivity index (χ0n) is 13.5. The molecule has 8 heteroatoms. The summed E-state index contributed by atoms with van der Waals surface area (Å²) in [6.45, 7) is 1.38. The molecule has 1 aliphatic rings. The molecular formula is C17H18BrN3O3S. The Morgan fingerprint density at radius 1 is 1.04 bits per heavy atom. The third-order valence-electron chi connectivity index (χ3n) is 4.10. The van der Waals surface area contributed by atoms with Crippen LogP contribution in [0.4, 0.5) is 0 Å². The summed E-state index contributed by atoms with van der Waals surface area (Å²) in [6.07, 6.45) is 1.89. The molecule has 0 bridgehead atoms. The topological polar surface area (TPSA) is 70.6 Å². The van der Waals surface area contributed by atoms with Crippen molar-refractivity contribution in [2.24, 2.45) is 0 Å². The summed E-state index contributed by atoms with van der Waals surface area (Å²) in [6, 6.07) is 12.0. The summed E-state index contributed by atoms with van der Waals surface area (Å²) in [4.78, 5) is 18.5. The Labute approximate surface area is 155 Å². The van der Waals surface area contributed by atoms with Crippen molar-refractivity contribution in [1.82, 2.24) is 14.2 Å². The number of hydrogen-bond donors (Lipinski definition) is 0. The van der Waals surface area contributed by atoms with Gasteiger partial charge in [-0.05, 0) is 36.4 Å². The number of nitrogens with zero attached hydrogens (tertiary/aromatic N) is 3. The Morgan fingerprint density at radius 2 is 1.72 bits per heavy atom. The average molecular weight is 424 g/mol. The maximum Gasteiger partial charge on any atom is 0.243 e. The molecule has 1 aliphatic heterocycles. The molecule has 0 saturated carbocycles. The summed E-state index contributed by atoms with van der Waals surface area (Å²) in [5, 5.41) is 0. The summed E-state index contributed by atoms with van der Waals surface area (Å²) >= 11 is 3.30. The molecule has 2 heterocycles. The Kier molecular flexibility index (Phi) is 5.51. The predicted octanol–water partition coefficient (Wildman–Crippen LogP) is 1.92. The molecule has 0 spiro atoms. The lowest BCUT2D eigenvalue weighted by Gasteiger charge is -2.34. The highest BCUT2D eigenvalue weighted by atomic mass is 79.9. The van der Waals surface area contributed by atoms with Gasteiger partial charge in [0.2, 0.25) is 15.9 Å². The van der Waals surface area contributed by atoms with E-state index >= 15 is 0 Å². The van der Waals surface area contributed by atoms with Crippen LogP contribution in [0.1, 0.15) is 5.69 Å². The number of halogens is 1. The summed E-state index contributed by atoms with van der Waals surface area (Å²) in [7, 11) is -3.52. The van der Waals surface area contributed by atoms with Crippen molar-refractivity contribution in [1.29, 1.82) is 0 Å². The van der Waals surface area contributed by atoms with Crippen LogP contribution < -0.4 is 0 Å². The van der Waals surface area contributed by atoms with Gasteiger partial charge in [0.25, 0.3) is 0 Å². The fraction of sp³-hybridized carbons (Fsp3) is 0.294. The van der Waals surface area contributed by atoms with Crippen LogP contribution in [0.25, 0.3) is 0 Å². The van der Waals surface area contributed by atoms with Gasteiger partial charge in [0.05, 0.1) is 11.3 Å². The molecule has 1 amide bonds. The molecule has 0 N–H and O–H groups in total. The van der Waals surface area contributed by atoms with E-state index in [9.17, 15) is 13.2 Å². The second-order valence-electron chi connectivity index (χ2n) is 5.74. The number of carbonyl (C=O) groups is 1. The van der Waals surface area contributed by atoms with Gasteiger partial charge in [-0.2, -0.15) is 4.31 Å². The number of sulfonamides is 1. The van der Waals surface area contributed by atoms with E-state index in [2.05, 4.69) is 20.9 Å². The number of carbonyl (C=O) groups excluding carboxylic acids is 1. The van der Waals surface area contributed by atoms with Gasteiger partial charge in [0.1, 0.15) is 0 Å². The minimum absolute atomic E-state index is 0.0283. The van der Waals surface area contributed by atoms with Crippen LogP contribution in [0, 0.1) is 0 Å². The van der Waals surface area contributed by atoms with Gasteiger partial charge >= 0.3 is 0 Å². The smallest absolute Gasteiger partial charge is 0.243 e. The van der Waals surface area contributed by atoms with Crippen molar-refractivity contribution in [3.05, 3.63) is 58.8 Å². The highest BCUT2D eigenvalue weighted by Gasteiger charge is 2.30. The minimum Gasteiger partial charge on any atom is -0.340 e.